The smallest absolute Gasteiger partial charge is 0.369 e. The molecule has 2 aliphatic rings. The quantitative estimate of drug-likeness (QED) is 0.321. The van der Waals surface area contributed by atoms with Crippen LogP contribution in [0.1, 0.15) is 47.9 Å². The molecule has 2 aliphatic heterocycles. The third kappa shape index (κ3) is 7.94. The molecule has 2 heterocycles. The fourth-order valence-electron chi connectivity index (χ4n) is 4.94. The average molecular weight is 554 g/mol. The molecule has 0 unspecified atom stereocenters. The molecule has 7 nitrogen and oxygen atoms in total. The monoisotopic (exact) mass is 553 g/mol. The van der Waals surface area contributed by atoms with Crippen molar-refractivity contribution in [2.45, 2.75) is 51.6 Å². The van der Waals surface area contributed by atoms with Gasteiger partial charge in [0, 0.05) is 51.4 Å². The number of piperazine rings is 1. The topological polar surface area (TPSA) is 70.2 Å². The van der Waals surface area contributed by atoms with E-state index >= 15 is 0 Å². The predicted molar refractivity (Wildman–Crippen MR) is 139 cm³/mol. The summed E-state index contributed by atoms with van der Waals surface area (Å²) in [6, 6.07) is 11.2. The van der Waals surface area contributed by atoms with Crippen molar-refractivity contribution in [1.29, 1.82) is 0 Å². The van der Waals surface area contributed by atoms with E-state index in [9.17, 15) is 26.4 Å². The van der Waals surface area contributed by atoms with Gasteiger partial charge in [0.05, 0.1) is 18.4 Å². The first-order valence-electron chi connectivity index (χ1n) is 12.9. The van der Waals surface area contributed by atoms with E-state index in [2.05, 4.69) is 4.90 Å². The zero-order chi connectivity index (χ0) is 27.3. The van der Waals surface area contributed by atoms with Gasteiger partial charge in [-0.15, -0.1) is 0 Å². The first-order valence-corrected chi connectivity index (χ1v) is 14.7. The van der Waals surface area contributed by atoms with E-state index in [-0.39, 0.29) is 12.5 Å². The maximum Gasteiger partial charge on any atom is 0.416 e. The summed E-state index contributed by atoms with van der Waals surface area (Å²) >= 11 is 0. The molecule has 11 heteroatoms. The molecule has 0 spiro atoms. The second kappa shape index (κ2) is 12.0. The summed E-state index contributed by atoms with van der Waals surface area (Å²) in [6.45, 7) is 4.98. The van der Waals surface area contributed by atoms with Gasteiger partial charge in [-0.1, -0.05) is 30.7 Å². The van der Waals surface area contributed by atoms with Crippen LogP contribution in [0.25, 0.3) is 0 Å². The summed E-state index contributed by atoms with van der Waals surface area (Å²) in [5, 5.41) is 0. The van der Waals surface area contributed by atoms with Gasteiger partial charge in [0.1, 0.15) is 0 Å². The molecule has 1 fully saturated rings. The van der Waals surface area contributed by atoms with E-state index in [0.29, 0.717) is 38.3 Å². The number of amides is 1. The number of hydrogen-bond acceptors (Lipinski definition) is 6. The summed E-state index contributed by atoms with van der Waals surface area (Å²) in [7, 11) is -3.51. The predicted octanol–water partition coefficient (Wildman–Crippen LogP) is 4.41. The number of halogens is 3. The molecule has 0 bridgehead atoms. The Hall–Kier alpha value is -2.63. The normalized spacial score (nSPS) is 16.6. The van der Waals surface area contributed by atoms with Crippen LogP contribution in [0, 0.1) is 0 Å². The molecule has 2 aromatic rings. The molecule has 0 radical (unpaired) electrons. The zero-order valence-electron chi connectivity index (χ0n) is 21.5. The summed E-state index contributed by atoms with van der Waals surface area (Å²) in [5.41, 5.74) is 2.86. The van der Waals surface area contributed by atoms with Crippen molar-refractivity contribution in [3.05, 3.63) is 64.7 Å². The number of anilines is 1. The van der Waals surface area contributed by atoms with Gasteiger partial charge in [0.15, 0.2) is 0 Å². The number of rotatable bonds is 10. The number of fused-ring (bicyclic) bond motifs is 1. The highest BCUT2D eigenvalue weighted by molar-refractivity contribution is 7.85. The minimum Gasteiger partial charge on any atom is -0.369 e. The van der Waals surface area contributed by atoms with Crippen LogP contribution in [0.2, 0.25) is 0 Å². The largest absolute Gasteiger partial charge is 0.416 e. The standard InChI is InChI=1S/C27H34F3N3O4S/c1-38(35,36)37-20-21-9-10-22-18-33(19-23(22)16-21)26(34)8-3-2-4-11-31-12-14-32(15-13-31)25-7-5-6-24(17-25)27(28,29)30/h5-7,9-10,16-17H,2-4,8,11-15,18-20H2,1H3. The lowest BCUT2D eigenvalue weighted by atomic mass is 10.1. The fraction of sp³-hybridized carbons (Fsp3) is 0.519. The van der Waals surface area contributed by atoms with Gasteiger partial charge in [-0.25, -0.2) is 0 Å². The Balaban J connectivity index is 1.12. The Morgan fingerprint density at radius 2 is 1.68 bits per heavy atom. The molecule has 0 saturated carbocycles. The Kier molecular flexibility index (Phi) is 9.00. The molecule has 208 valence electrons. The molecular formula is C27H34F3N3O4S. The number of nitrogens with zero attached hydrogens (tertiary/aromatic N) is 3. The summed E-state index contributed by atoms with van der Waals surface area (Å²) < 4.78 is 66.3. The van der Waals surface area contributed by atoms with Crippen LogP contribution in [0.5, 0.6) is 0 Å². The molecule has 0 aliphatic carbocycles. The van der Waals surface area contributed by atoms with Gasteiger partial charge >= 0.3 is 6.18 Å². The molecule has 0 N–H and O–H groups in total. The van der Waals surface area contributed by atoms with Gasteiger partial charge in [-0.05, 0) is 54.3 Å². The van der Waals surface area contributed by atoms with Crippen molar-refractivity contribution in [1.82, 2.24) is 9.80 Å². The first-order chi connectivity index (χ1) is 18.0. The highest BCUT2D eigenvalue weighted by Gasteiger charge is 2.31. The molecular weight excluding hydrogens is 519 g/mol. The minimum atomic E-state index is -4.33. The number of unbranched alkanes of at least 4 members (excludes halogenated alkanes) is 2. The van der Waals surface area contributed by atoms with Crippen molar-refractivity contribution in [2.24, 2.45) is 0 Å². The number of hydrogen-bond donors (Lipinski definition) is 0. The number of alkyl halides is 3. The Morgan fingerprint density at radius 3 is 2.39 bits per heavy atom. The molecule has 1 saturated heterocycles. The maximum absolute atomic E-state index is 13.0. The van der Waals surface area contributed by atoms with Gasteiger partial charge in [0.25, 0.3) is 10.1 Å². The van der Waals surface area contributed by atoms with Crippen molar-refractivity contribution in [3.63, 3.8) is 0 Å². The average Bonchev–Trinajstić information content (AvgIpc) is 3.30. The summed E-state index contributed by atoms with van der Waals surface area (Å²) in [4.78, 5) is 18.9. The van der Waals surface area contributed by atoms with E-state index < -0.39 is 21.9 Å². The van der Waals surface area contributed by atoms with Crippen LogP contribution in [-0.4, -0.2) is 63.1 Å². The van der Waals surface area contributed by atoms with Crippen LogP contribution in [0.15, 0.2) is 42.5 Å². The molecule has 38 heavy (non-hydrogen) atoms. The van der Waals surface area contributed by atoms with E-state index in [0.717, 1.165) is 67.9 Å². The summed E-state index contributed by atoms with van der Waals surface area (Å²) in [5.74, 6) is 0.116. The Morgan fingerprint density at radius 1 is 0.947 bits per heavy atom. The van der Waals surface area contributed by atoms with Gasteiger partial charge in [0.2, 0.25) is 5.91 Å². The lowest BCUT2D eigenvalue weighted by Gasteiger charge is -2.36. The Bertz CT molecular complexity index is 1230. The summed E-state index contributed by atoms with van der Waals surface area (Å²) in [6.07, 6.45) is -0.108. The number of carbonyl (C=O) groups is 1. The molecule has 4 rings (SSSR count). The van der Waals surface area contributed by atoms with Crippen LogP contribution >= 0.6 is 0 Å². The molecule has 2 aromatic carbocycles. The third-order valence-electron chi connectivity index (χ3n) is 7.06. The lowest BCUT2D eigenvalue weighted by Crippen LogP contribution is -2.46. The van der Waals surface area contributed by atoms with Crippen molar-refractivity contribution in [3.8, 4) is 0 Å². The Labute approximate surface area is 222 Å². The molecule has 1 amide bonds. The van der Waals surface area contributed by atoms with Gasteiger partial charge in [-0.2, -0.15) is 21.6 Å². The van der Waals surface area contributed by atoms with Crippen LogP contribution < -0.4 is 4.90 Å². The zero-order valence-corrected chi connectivity index (χ0v) is 22.4. The second-order valence-corrected chi connectivity index (χ2v) is 11.7. The maximum atomic E-state index is 13.0. The highest BCUT2D eigenvalue weighted by atomic mass is 32.2. The molecule has 0 atom stereocenters. The number of carbonyl (C=O) groups excluding carboxylic acids is 1. The van der Waals surface area contributed by atoms with Gasteiger partial charge < -0.3 is 9.80 Å². The lowest BCUT2D eigenvalue weighted by molar-refractivity contribution is -0.137. The van der Waals surface area contributed by atoms with E-state index in [4.69, 9.17) is 4.18 Å². The second-order valence-electron chi connectivity index (χ2n) is 10.0. The van der Waals surface area contributed by atoms with Crippen molar-refractivity contribution < 1.29 is 30.6 Å². The van der Waals surface area contributed by atoms with Crippen LogP contribution in [0.4, 0.5) is 18.9 Å². The van der Waals surface area contributed by atoms with Crippen molar-refractivity contribution >= 4 is 21.7 Å². The minimum absolute atomic E-state index is 0.0135. The van der Waals surface area contributed by atoms with Crippen LogP contribution in [0.3, 0.4) is 0 Å². The fourth-order valence-corrected chi connectivity index (χ4v) is 5.29. The first kappa shape index (κ1) is 28.4. The number of benzene rings is 2. The third-order valence-corrected chi connectivity index (χ3v) is 7.61. The van der Waals surface area contributed by atoms with Gasteiger partial charge in [-0.3, -0.25) is 13.9 Å². The van der Waals surface area contributed by atoms with Crippen molar-refractivity contribution in [2.75, 3.05) is 43.9 Å². The van der Waals surface area contributed by atoms with E-state index in [1.165, 1.54) is 12.1 Å². The van der Waals surface area contributed by atoms with E-state index in [1.807, 2.05) is 28.0 Å². The van der Waals surface area contributed by atoms with Crippen LogP contribution in [-0.2, 0) is 45.0 Å². The highest BCUT2D eigenvalue weighted by Crippen LogP contribution is 2.32. The SMILES string of the molecule is CS(=O)(=O)OCc1ccc2c(c1)CN(C(=O)CCCCCN1CCN(c3cccc(C(F)(F)F)c3)CC1)C2. The van der Waals surface area contributed by atoms with E-state index in [1.54, 1.807) is 6.07 Å². The molecule has 0 aromatic heterocycles.